The molecule has 0 aromatic carbocycles. The summed E-state index contributed by atoms with van der Waals surface area (Å²) >= 11 is 0. The highest BCUT2D eigenvalue weighted by Gasteiger charge is 2.21. The molecule has 0 radical (unpaired) electrons. The van der Waals surface area contributed by atoms with E-state index < -0.39 is 49.3 Å². The summed E-state index contributed by atoms with van der Waals surface area (Å²) in [6, 6.07) is 5.50. The minimum atomic E-state index is -3.69. The van der Waals surface area contributed by atoms with Gasteiger partial charge in [0.2, 0.25) is 5.88 Å². The standard InChI is InChI=1S/C25H25N9O2/c1-16-11-21(26-2)28-14-19(16)36-22-12-18(23-24(31-22)33(4)15-29-23)30-20-6-5-17(13-27-20)25(35)34-9-7-32(3)8-10-34/h5-6,11-15H,7-10H2,1,3-4H3,(H,27,30,31)/i3D3,7D2,8D2,9D2,10D2. The van der Waals surface area contributed by atoms with Gasteiger partial charge in [0.05, 0.1) is 23.1 Å². The smallest absolute Gasteiger partial charge is 0.269 e. The fraction of sp³-hybridized carbons (Fsp3) is 0.280. The lowest BCUT2D eigenvalue weighted by molar-refractivity contribution is 0.0663. The Bertz CT molecular complexity index is 1890. The number of hydrogen-bond donors (Lipinski definition) is 1. The lowest BCUT2D eigenvalue weighted by Gasteiger charge is -2.32. The number of likely N-dealkylation sites (N-methyl/N-ethyl adjacent to an activating group) is 1. The molecule has 182 valence electrons. The highest BCUT2D eigenvalue weighted by Crippen LogP contribution is 2.31. The number of imidazole rings is 1. The van der Waals surface area contributed by atoms with Gasteiger partial charge in [-0.25, -0.2) is 9.97 Å². The van der Waals surface area contributed by atoms with Gasteiger partial charge < -0.3 is 29.3 Å². The molecule has 4 aromatic heterocycles. The fourth-order valence-corrected chi connectivity index (χ4v) is 3.25. The van der Waals surface area contributed by atoms with Crippen LogP contribution in [0, 0.1) is 13.5 Å². The number of pyridine rings is 3. The third kappa shape index (κ3) is 4.67. The number of ether oxygens (including phenoxy) is 1. The molecule has 1 saturated heterocycles. The summed E-state index contributed by atoms with van der Waals surface area (Å²) in [5, 5.41) is 3.02. The molecule has 1 N–H and O–H groups in total. The van der Waals surface area contributed by atoms with Crippen LogP contribution in [0.4, 0.5) is 17.3 Å². The molecule has 0 spiro atoms. The van der Waals surface area contributed by atoms with Crippen molar-refractivity contribution >= 4 is 34.4 Å². The molecule has 1 fully saturated rings. The molecule has 1 aliphatic heterocycles. The zero-order valence-corrected chi connectivity index (χ0v) is 18.9. The topological polar surface area (TPSA) is 106 Å². The third-order valence-corrected chi connectivity index (χ3v) is 5.05. The van der Waals surface area contributed by atoms with Gasteiger partial charge in [-0.15, -0.1) is 4.98 Å². The number of anilines is 2. The van der Waals surface area contributed by atoms with Crippen LogP contribution in [0.5, 0.6) is 11.6 Å². The van der Waals surface area contributed by atoms with E-state index in [1.54, 1.807) is 24.6 Å². The van der Waals surface area contributed by atoms with Crippen LogP contribution in [0.1, 0.15) is 31.0 Å². The quantitative estimate of drug-likeness (QED) is 0.420. The van der Waals surface area contributed by atoms with Crippen LogP contribution in [-0.2, 0) is 7.05 Å². The monoisotopic (exact) mass is 494 g/mol. The average Bonchev–Trinajstić information content (AvgIpc) is 3.33. The first-order chi connectivity index (χ1) is 21.6. The maximum Gasteiger partial charge on any atom is 0.269 e. The fourth-order valence-electron chi connectivity index (χ4n) is 3.25. The van der Waals surface area contributed by atoms with Gasteiger partial charge in [0.15, 0.2) is 17.6 Å². The van der Waals surface area contributed by atoms with Gasteiger partial charge in [-0.05, 0) is 37.7 Å². The SMILES string of the molecule is [2H]C([2H])([2H])N1C([2H])([2H])C([2H])([2H])N(C(=O)c2ccc(Nc3cc(Oc4cnc([N+]#[C-])cc4C)nc4c3ncn4C)nc2)C([2H])([2H])C1([2H])[2H]. The molecule has 5 rings (SSSR count). The number of nitrogens with zero attached hydrogens (tertiary/aromatic N) is 8. The van der Waals surface area contributed by atoms with Crippen molar-refractivity contribution in [1.29, 1.82) is 0 Å². The highest BCUT2D eigenvalue weighted by molar-refractivity contribution is 5.94. The second-order valence-electron chi connectivity index (χ2n) is 7.54. The van der Waals surface area contributed by atoms with Crippen LogP contribution in [0.15, 0.2) is 43.0 Å². The van der Waals surface area contributed by atoms with Crippen LogP contribution in [0.2, 0.25) is 0 Å². The number of aromatic nitrogens is 5. The summed E-state index contributed by atoms with van der Waals surface area (Å²) < 4.78 is 96.5. The number of hydrogen-bond acceptors (Lipinski definition) is 8. The van der Waals surface area contributed by atoms with Gasteiger partial charge in [0.25, 0.3) is 11.7 Å². The average molecular weight is 495 g/mol. The Morgan fingerprint density at radius 1 is 1.19 bits per heavy atom. The van der Waals surface area contributed by atoms with Crippen LogP contribution in [-0.4, -0.2) is 73.2 Å². The van der Waals surface area contributed by atoms with Crippen molar-refractivity contribution in [3.63, 3.8) is 0 Å². The van der Waals surface area contributed by atoms with Gasteiger partial charge in [0.1, 0.15) is 11.3 Å². The molecule has 0 bridgehead atoms. The van der Waals surface area contributed by atoms with Crippen molar-refractivity contribution in [3.05, 3.63) is 65.5 Å². The Labute approximate surface area is 223 Å². The Balaban J connectivity index is 1.46. The highest BCUT2D eigenvalue weighted by atomic mass is 16.5. The predicted molar refractivity (Wildman–Crippen MR) is 135 cm³/mol. The molecular weight excluding hydrogens is 458 g/mol. The molecule has 1 amide bonds. The van der Waals surface area contributed by atoms with Crippen LogP contribution in [0.25, 0.3) is 16.0 Å². The van der Waals surface area contributed by atoms with Crippen molar-refractivity contribution in [3.8, 4) is 11.6 Å². The largest absolute Gasteiger partial charge is 0.435 e. The van der Waals surface area contributed by atoms with E-state index in [0.717, 1.165) is 12.3 Å². The van der Waals surface area contributed by atoms with Crippen molar-refractivity contribution in [2.24, 2.45) is 7.05 Å². The summed E-state index contributed by atoms with van der Waals surface area (Å²) in [6.07, 6.45) is 3.86. The van der Waals surface area contributed by atoms with E-state index in [9.17, 15) is 4.79 Å². The second kappa shape index (κ2) is 9.59. The summed E-state index contributed by atoms with van der Waals surface area (Å²) in [5.41, 5.74) is 1.41. The Morgan fingerprint density at radius 2 is 2.03 bits per heavy atom. The molecule has 4 aromatic rings. The van der Waals surface area contributed by atoms with E-state index in [1.165, 1.54) is 24.7 Å². The van der Waals surface area contributed by atoms with Crippen LogP contribution in [0.3, 0.4) is 0 Å². The Kier molecular flexibility index (Phi) is 3.60. The number of fused-ring (bicyclic) bond motifs is 1. The summed E-state index contributed by atoms with van der Waals surface area (Å²) in [5.74, 6) is -0.653. The molecule has 0 unspecified atom stereocenters. The molecule has 0 saturated carbocycles. The second-order valence-corrected chi connectivity index (χ2v) is 7.54. The normalized spacial score (nSPS) is 24.5. The zero-order chi connectivity index (χ0) is 34.9. The maximum atomic E-state index is 13.5. The molecule has 5 heterocycles. The van der Waals surface area contributed by atoms with E-state index in [4.69, 9.17) is 26.4 Å². The van der Waals surface area contributed by atoms with E-state index >= 15 is 0 Å². The van der Waals surface area contributed by atoms with Gasteiger partial charge in [0, 0.05) is 54.9 Å². The van der Waals surface area contributed by atoms with E-state index in [-0.39, 0.29) is 22.4 Å². The minimum Gasteiger partial charge on any atom is -0.435 e. The van der Waals surface area contributed by atoms with Crippen LogP contribution >= 0.6 is 0 Å². The van der Waals surface area contributed by atoms with E-state index in [1.807, 2.05) is 0 Å². The van der Waals surface area contributed by atoms with Crippen molar-refractivity contribution < 1.29 is 24.6 Å². The molecule has 11 nitrogen and oxygen atoms in total. The van der Waals surface area contributed by atoms with Gasteiger partial charge in [-0.1, -0.05) is 6.57 Å². The van der Waals surface area contributed by atoms with E-state index in [0.29, 0.717) is 28.2 Å². The van der Waals surface area contributed by atoms with Gasteiger partial charge >= 0.3 is 0 Å². The summed E-state index contributed by atoms with van der Waals surface area (Å²) in [7, 11) is 1.71. The van der Waals surface area contributed by atoms with Crippen molar-refractivity contribution in [1.82, 2.24) is 34.3 Å². The first-order valence-corrected chi connectivity index (χ1v) is 10.4. The van der Waals surface area contributed by atoms with Crippen LogP contribution < -0.4 is 10.1 Å². The van der Waals surface area contributed by atoms with E-state index in [2.05, 4.69) is 30.1 Å². The third-order valence-electron chi connectivity index (χ3n) is 5.05. The summed E-state index contributed by atoms with van der Waals surface area (Å²) in [6.45, 7) is -9.44. The number of carbonyl (C=O) groups is 1. The number of carbonyl (C=O) groups excluding carboxylic acids is 1. The number of amides is 1. The summed E-state index contributed by atoms with van der Waals surface area (Å²) in [4.78, 5) is 33.0. The number of rotatable bonds is 5. The first kappa shape index (κ1) is 13.5. The zero-order valence-electron chi connectivity index (χ0n) is 29.9. The molecule has 36 heavy (non-hydrogen) atoms. The Morgan fingerprint density at radius 3 is 2.72 bits per heavy atom. The Hall–Kier alpha value is -4.56. The maximum absolute atomic E-state index is 13.5. The molecular formula is C25H25N9O2. The van der Waals surface area contributed by atoms with Gasteiger partial charge in [-0.3, -0.25) is 4.79 Å². The molecule has 1 aliphatic rings. The first-order valence-electron chi connectivity index (χ1n) is 15.9. The lowest BCUT2D eigenvalue weighted by atomic mass is 10.2. The van der Waals surface area contributed by atoms with Crippen molar-refractivity contribution in [2.45, 2.75) is 6.92 Å². The lowest BCUT2D eigenvalue weighted by Crippen LogP contribution is -2.47. The molecule has 0 atom stereocenters. The molecule has 11 heteroatoms. The van der Waals surface area contributed by atoms with Crippen molar-refractivity contribution in [2.75, 3.05) is 38.3 Å². The van der Waals surface area contributed by atoms with Gasteiger partial charge in [-0.2, -0.15) is 4.98 Å². The minimum absolute atomic E-state index is 0.133. The molecule has 0 aliphatic carbocycles. The number of nitrogens with one attached hydrogen (secondary N) is 1. The predicted octanol–water partition coefficient (Wildman–Crippen LogP) is 3.54. The number of piperazine rings is 1. The number of aryl methyl sites for hydroxylation is 2.